The molecule has 0 aromatic heterocycles. The minimum absolute atomic E-state index is 0.0841. The molecule has 0 saturated heterocycles. The van der Waals surface area contributed by atoms with Gasteiger partial charge in [-0.1, -0.05) is 0 Å². The number of methoxy groups -OCH3 is 4. The third-order valence-electron chi connectivity index (χ3n) is 5.90. The van der Waals surface area contributed by atoms with E-state index in [0.29, 0.717) is 0 Å². The molecule has 1 aliphatic heterocycles. The topological polar surface area (TPSA) is 36.9 Å². The molecule has 3 aromatic rings. The van der Waals surface area contributed by atoms with Crippen LogP contribution in [0.2, 0.25) is 0 Å². The van der Waals surface area contributed by atoms with Gasteiger partial charge in [-0.2, -0.15) is 0 Å². The van der Waals surface area contributed by atoms with E-state index in [4.69, 9.17) is 18.9 Å². The third-order valence-corrected chi connectivity index (χ3v) is 8.31. The van der Waals surface area contributed by atoms with Gasteiger partial charge >= 0.3 is 191 Å². The van der Waals surface area contributed by atoms with E-state index in [-0.39, 0.29) is 21.7 Å². The van der Waals surface area contributed by atoms with Crippen molar-refractivity contribution in [2.45, 2.75) is 20.8 Å². The molecule has 0 aliphatic carbocycles. The molecule has 0 fully saturated rings. The van der Waals surface area contributed by atoms with E-state index in [1.54, 1.807) is 28.4 Å². The molecular weight excluding hydrogens is 454 g/mol. The van der Waals surface area contributed by atoms with E-state index in [9.17, 15) is 0 Å². The Balaban J connectivity index is 2.05. The average molecular weight is 481 g/mol. The van der Waals surface area contributed by atoms with Gasteiger partial charge in [-0.25, -0.2) is 0 Å². The number of rotatable bonds is 5. The second-order valence-electron chi connectivity index (χ2n) is 7.84. The maximum atomic E-state index is 5.67. The van der Waals surface area contributed by atoms with Gasteiger partial charge in [0.15, 0.2) is 0 Å². The quantitative estimate of drug-likeness (QED) is 0.401. The van der Waals surface area contributed by atoms with Gasteiger partial charge in [0.05, 0.1) is 0 Å². The Hall–Kier alpha value is -2.56. The predicted octanol–water partition coefficient (Wildman–Crippen LogP) is 1.13. The van der Waals surface area contributed by atoms with Crippen molar-refractivity contribution in [1.82, 2.24) is 0 Å². The predicted molar refractivity (Wildman–Crippen MR) is 129 cm³/mol. The first-order valence-corrected chi connectivity index (χ1v) is 11.9. The van der Waals surface area contributed by atoms with Gasteiger partial charge in [0.2, 0.25) is 0 Å². The molecule has 0 N–H and O–H groups in total. The minimum atomic E-state index is 0.0841. The summed E-state index contributed by atoms with van der Waals surface area (Å²) in [6.07, 6.45) is 0. The van der Waals surface area contributed by atoms with Gasteiger partial charge in [0.25, 0.3) is 0 Å². The van der Waals surface area contributed by atoms with Crippen molar-refractivity contribution in [1.29, 1.82) is 0 Å². The first-order valence-electron chi connectivity index (χ1n) is 10.2. The summed E-state index contributed by atoms with van der Waals surface area (Å²) in [5.41, 5.74) is 7.73. The number of hydrogen-bond acceptors (Lipinski definition) is 4. The molecule has 0 spiro atoms. The Labute approximate surface area is 191 Å². The summed E-state index contributed by atoms with van der Waals surface area (Å²) >= 11 is 0.104. The van der Waals surface area contributed by atoms with Crippen molar-refractivity contribution in [3.8, 4) is 23.0 Å². The van der Waals surface area contributed by atoms with Crippen LogP contribution in [-0.2, 0) is 0 Å². The maximum absolute atomic E-state index is 5.67. The number of hydrogen-bond donors (Lipinski definition) is 0. The molecule has 4 rings (SSSR count). The SMILES string of the molecule is COc1cc2c(cc1OC)B(c1c(C)cc(C)cc1C)c1cc(OC)c(OC)cc1[Se]2. The van der Waals surface area contributed by atoms with Crippen LogP contribution >= 0.6 is 0 Å². The number of aryl methyl sites for hydroxylation is 3. The Morgan fingerprint density at radius 3 is 1.35 bits per heavy atom. The molecule has 0 saturated carbocycles. The monoisotopic (exact) mass is 482 g/mol. The number of benzene rings is 3. The fraction of sp³-hybridized carbons (Fsp3) is 0.280. The van der Waals surface area contributed by atoms with Crippen LogP contribution in [0.25, 0.3) is 0 Å². The van der Waals surface area contributed by atoms with Crippen LogP contribution in [-0.4, -0.2) is 50.1 Å². The summed E-state index contributed by atoms with van der Waals surface area (Å²) in [7, 11) is 6.76. The second kappa shape index (κ2) is 8.53. The standard InChI is InChI=1S/C25H27BO4Se/c1-14-8-15(2)25(16(3)9-14)26-17-10-19(27-4)21(29-6)12-23(17)31-24-13-22(30-7)20(28-5)11-18(24)26/h8-13H,1-7H3. The molecule has 3 aromatic carbocycles. The van der Waals surface area contributed by atoms with Gasteiger partial charge in [-0.05, 0) is 0 Å². The van der Waals surface area contributed by atoms with E-state index < -0.39 is 0 Å². The van der Waals surface area contributed by atoms with Crippen molar-refractivity contribution in [3.63, 3.8) is 0 Å². The number of fused-ring (bicyclic) bond motifs is 2. The fourth-order valence-corrected chi connectivity index (χ4v) is 7.05. The first kappa shape index (κ1) is 21.7. The zero-order chi connectivity index (χ0) is 22.3. The fourth-order valence-electron chi connectivity index (χ4n) is 4.62. The number of ether oxygens (including phenoxy) is 4. The Morgan fingerprint density at radius 1 is 0.581 bits per heavy atom. The van der Waals surface area contributed by atoms with Crippen molar-refractivity contribution < 1.29 is 18.9 Å². The van der Waals surface area contributed by atoms with Gasteiger partial charge in [0, 0.05) is 0 Å². The van der Waals surface area contributed by atoms with Crippen molar-refractivity contribution >= 4 is 47.0 Å². The average Bonchev–Trinajstić information content (AvgIpc) is 2.76. The van der Waals surface area contributed by atoms with Gasteiger partial charge in [0.1, 0.15) is 0 Å². The summed E-state index contributed by atoms with van der Waals surface area (Å²) in [6, 6.07) is 13.1. The molecule has 31 heavy (non-hydrogen) atoms. The summed E-state index contributed by atoms with van der Waals surface area (Å²) in [5, 5.41) is 0. The van der Waals surface area contributed by atoms with E-state index in [0.717, 1.165) is 23.0 Å². The van der Waals surface area contributed by atoms with E-state index in [1.807, 2.05) is 0 Å². The zero-order valence-corrected chi connectivity index (χ0v) is 20.8. The molecule has 1 heterocycles. The molecule has 6 heteroatoms. The summed E-state index contributed by atoms with van der Waals surface area (Å²) < 4.78 is 25.2. The van der Waals surface area contributed by atoms with Gasteiger partial charge < -0.3 is 0 Å². The zero-order valence-electron chi connectivity index (χ0n) is 19.1. The van der Waals surface area contributed by atoms with Crippen LogP contribution in [0, 0.1) is 20.8 Å². The summed E-state index contributed by atoms with van der Waals surface area (Å²) in [4.78, 5) is 0. The molecule has 0 bridgehead atoms. The normalized spacial score (nSPS) is 12.2. The molecule has 0 atom stereocenters. The van der Waals surface area contributed by atoms with Gasteiger partial charge in [-0.3, -0.25) is 0 Å². The molecule has 160 valence electrons. The van der Waals surface area contributed by atoms with Crippen LogP contribution in [0.5, 0.6) is 23.0 Å². The molecule has 4 nitrogen and oxygen atoms in total. The second-order valence-corrected chi connectivity index (χ2v) is 10.1. The van der Waals surface area contributed by atoms with E-state index in [1.165, 1.54) is 42.0 Å². The summed E-state index contributed by atoms with van der Waals surface area (Å²) in [5.74, 6) is 3.05. The summed E-state index contributed by atoms with van der Waals surface area (Å²) in [6.45, 7) is 6.64. The van der Waals surface area contributed by atoms with E-state index >= 15 is 0 Å². The Morgan fingerprint density at radius 2 is 0.968 bits per heavy atom. The van der Waals surface area contributed by atoms with Crippen LogP contribution in [0.3, 0.4) is 0 Å². The van der Waals surface area contributed by atoms with Crippen molar-refractivity contribution in [2.75, 3.05) is 28.4 Å². The molecular formula is C25H27BO4Se. The van der Waals surface area contributed by atoms with E-state index in [2.05, 4.69) is 57.2 Å². The van der Waals surface area contributed by atoms with Crippen molar-refractivity contribution in [3.05, 3.63) is 53.1 Å². The molecule has 1 aliphatic rings. The molecule has 0 amide bonds. The van der Waals surface area contributed by atoms with Crippen LogP contribution in [0.15, 0.2) is 36.4 Å². The first-order chi connectivity index (χ1) is 14.9. The van der Waals surface area contributed by atoms with Crippen molar-refractivity contribution in [2.24, 2.45) is 0 Å². The van der Waals surface area contributed by atoms with Crippen LogP contribution in [0.1, 0.15) is 16.7 Å². The van der Waals surface area contributed by atoms with Gasteiger partial charge in [-0.15, -0.1) is 0 Å². The third kappa shape index (κ3) is 3.68. The molecule has 0 radical (unpaired) electrons. The Kier molecular flexibility index (Phi) is 5.96. The van der Waals surface area contributed by atoms with Crippen LogP contribution < -0.4 is 44.3 Å². The molecule has 0 unspecified atom stereocenters. The Bertz CT molecular complexity index is 1070. The van der Waals surface area contributed by atoms with Crippen LogP contribution in [0.4, 0.5) is 0 Å².